The van der Waals surface area contributed by atoms with E-state index in [-0.39, 0.29) is 30.4 Å². The van der Waals surface area contributed by atoms with E-state index in [1.165, 1.54) is 0 Å². The molecule has 1 heterocycles. The van der Waals surface area contributed by atoms with Crippen LogP contribution in [0.1, 0.15) is 25.7 Å². The van der Waals surface area contributed by atoms with Gasteiger partial charge in [0.1, 0.15) is 12.3 Å². The zero-order valence-electron chi connectivity index (χ0n) is 18.5. The van der Waals surface area contributed by atoms with Crippen molar-refractivity contribution < 1.29 is 19.1 Å². The van der Waals surface area contributed by atoms with Gasteiger partial charge < -0.3 is 36.1 Å². The Labute approximate surface area is 179 Å². The van der Waals surface area contributed by atoms with Gasteiger partial charge in [0.25, 0.3) is 0 Å². The van der Waals surface area contributed by atoms with Gasteiger partial charge in [-0.25, -0.2) is 0 Å². The van der Waals surface area contributed by atoms with E-state index in [2.05, 4.69) is 22.5 Å². The van der Waals surface area contributed by atoms with Gasteiger partial charge in [-0.15, -0.1) is 0 Å². The van der Waals surface area contributed by atoms with Crippen molar-refractivity contribution in [2.45, 2.75) is 43.8 Å². The predicted molar refractivity (Wildman–Crippen MR) is 116 cm³/mol. The minimum absolute atomic E-state index is 0.141. The number of primary amides is 1. The Bertz CT molecular complexity index is 573. The molecule has 1 fully saturated rings. The fourth-order valence-corrected chi connectivity index (χ4v) is 3.68. The maximum absolute atomic E-state index is 11.9. The molecule has 0 spiro atoms. The summed E-state index contributed by atoms with van der Waals surface area (Å²) in [6.45, 7) is 6.51. The molecular weight excluding hydrogens is 388 g/mol. The molecule has 0 aromatic heterocycles. The highest BCUT2D eigenvalue weighted by Crippen LogP contribution is 2.24. The summed E-state index contributed by atoms with van der Waals surface area (Å²) in [6, 6.07) is -0.662. The summed E-state index contributed by atoms with van der Waals surface area (Å²) in [5.41, 5.74) is 5.48. The number of hydrogen-bond acceptors (Lipinski definition) is 8. The van der Waals surface area contributed by atoms with Crippen molar-refractivity contribution in [3.05, 3.63) is 12.4 Å². The highest BCUT2D eigenvalue weighted by atomic mass is 16.5. The molecule has 10 heteroatoms. The number of carbonyl (C=O) groups is 3. The van der Waals surface area contributed by atoms with Crippen LogP contribution < -0.4 is 21.7 Å². The smallest absolute Gasteiger partial charge is 0.234 e. The van der Waals surface area contributed by atoms with E-state index in [4.69, 9.17) is 10.5 Å². The van der Waals surface area contributed by atoms with Gasteiger partial charge in [-0.3, -0.25) is 14.5 Å². The standard InChI is InChI=1S/C20H38N6O4/c1-15(23-9-5-11-30-4)26(13-16(14-27)24-19(28)12-22-2)10-8-17-6-7-18(20(21)29)25(17)3/h14,16-18,22-23H,1,5-13H2,2-4H3,(H2,21,29)(H,24,28). The first-order valence-corrected chi connectivity index (χ1v) is 10.4. The minimum Gasteiger partial charge on any atom is -0.385 e. The fraction of sp³-hybridized carbons (Fsp3) is 0.750. The van der Waals surface area contributed by atoms with E-state index in [1.54, 1.807) is 14.2 Å². The fourth-order valence-electron chi connectivity index (χ4n) is 3.68. The van der Waals surface area contributed by atoms with Crippen molar-refractivity contribution >= 4 is 18.1 Å². The van der Waals surface area contributed by atoms with Gasteiger partial charge >= 0.3 is 0 Å². The number of nitrogens with one attached hydrogen (secondary N) is 3. The molecule has 3 atom stereocenters. The number of ether oxygens (including phenoxy) is 1. The molecular formula is C20H38N6O4. The molecule has 0 bridgehead atoms. The number of amides is 2. The lowest BCUT2D eigenvalue weighted by Gasteiger charge is -2.32. The number of carbonyl (C=O) groups excluding carboxylic acids is 3. The van der Waals surface area contributed by atoms with Crippen molar-refractivity contribution in [2.75, 3.05) is 54.0 Å². The summed E-state index contributed by atoms with van der Waals surface area (Å²) in [7, 11) is 5.24. The van der Waals surface area contributed by atoms with Crippen LogP contribution in [0, 0.1) is 0 Å². The zero-order chi connectivity index (χ0) is 22.5. The van der Waals surface area contributed by atoms with Crippen LogP contribution >= 0.6 is 0 Å². The van der Waals surface area contributed by atoms with Crippen LogP contribution in [-0.4, -0.2) is 100 Å². The first-order valence-electron chi connectivity index (χ1n) is 10.4. The van der Waals surface area contributed by atoms with E-state index in [0.717, 1.165) is 32.0 Å². The Hall–Kier alpha value is -2.17. The molecule has 10 nitrogen and oxygen atoms in total. The quantitative estimate of drug-likeness (QED) is 0.176. The number of hydrogen-bond donors (Lipinski definition) is 4. The lowest BCUT2D eigenvalue weighted by atomic mass is 10.1. The number of methoxy groups -OCH3 is 1. The van der Waals surface area contributed by atoms with Crippen molar-refractivity contribution in [1.82, 2.24) is 25.8 Å². The van der Waals surface area contributed by atoms with Crippen LogP contribution in [0.25, 0.3) is 0 Å². The topological polar surface area (TPSA) is 129 Å². The molecule has 172 valence electrons. The molecule has 1 rings (SSSR count). The number of nitrogens with two attached hydrogens (primary N) is 1. The van der Waals surface area contributed by atoms with Gasteiger partial charge in [0.15, 0.2) is 0 Å². The van der Waals surface area contributed by atoms with Gasteiger partial charge in [0, 0.05) is 39.4 Å². The molecule has 30 heavy (non-hydrogen) atoms. The van der Waals surface area contributed by atoms with Crippen molar-refractivity contribution in [2.24, 2.45) is 5.73 Å². The molecule has 1 saturated heterocycles. The summed E-state index contributed by atoms with van der Waals surface area (Å²) < 4.78 is 5.06. The summed E-state index contributed by atoms with van der Waals surface area (Å²) in [6.07, 6.45) is 4.00. The van der Waals surface area contributed by atoms with Crippen LogP contribution in [0.15, 0.2) is 12.4 Å². The normalized spacial score (nSPS) is 19.8. The Morgan fingerprint density at radius 1 is 1.40 bits per heavy atom. The third kappa shape index (κ3) is 8.68. The lowest BCUT2D eigenvalue weighted by Crippen LogP contribution is -2.49. The van der Waals surface area contributed by atoms with E-state index >= 15 is 0 Å². The van der Waals surface area contributed by atoms with E-state index in [9.17, 15) is 14.4 Å². The predicted octanol–water partition coefficient (Wildman–Crippen LogP) is -1.37. The van der Waals surface area contributed by atoms with E-state index < -0.39 is 6.04 Å². The molecule has 0 saturated carbocycles. The number of nitrogens with zero attached hydrogens (tertiary/aromatic N) is 2. The summed E-state index contributed by atoms with van der Waals surface area (Å²) in [5.74, 6) is 0.148. The lowest BCUT2D eigenvalue weighted by molar-refractivity contribution is -0.123. The van der Waals surface area contributed by atoms with Crippen LogP contribution in [0.2, 0.25) is 0 Å². The van der Waals surface area contributed by atoms with Crippen molar-refractivity contribution in [3.63, 3.8) is 0 Å². The summed E-state index contributed by atoms with van der Waals surface area (Å²) in [4.78, 5) is 39.0. The number of likely N-dealkylation sites (tertiary alicyclic amines) is 1. The van der Waals surface area contributed by atoms with Gasteiger partial charge in [-0.1, -0.05) is 6.58 Å². The molecule has 1 aliphatic heterocycles. The average molecular weight is 427 g/mol. The second-order valence-electron chi connectivity index (χ2n) is 7.61. The minimum atomic E-state index is -0.650. The Kier molecular flexibility index (Phi) is 12.0. The third-order valence-corrected chi connectivity index (χ3v) is 5.40. The molecule has 3 unspecified atom stereocenters. The summed E-state index contributed by atoms with van der Waals surface area (Å²) >= 11 is 0. The average Bonchev–Trinajstić information content (AvgIpc) is 3.08. The molecule has 1 aliphatic rings. The second-order valence-corrected chi connectivity index (χ2v) is 7.61. The van der Waals surface area contributed by atoms with Crippen LogP contribution in [0.3, 0.4) is 0 Å². The van der Waals surface area contributed by atoms with Crippen molar-refractivity contribution in [1.29, 1.82) is 0 Å². The molecule has 0 aromatic rings. The number of rotatable bonds is 16. The number of likely N-dealkylation sites (N-methyl/N-ethyl adjacent to an activating group) is 2. The Balaban J connectivity index is 2.71. The van der Waals surface area contributed by atoms with Gasteiger partial charge in [0.05, 0.1) is 18.4 Å². The third-order valence-electron chi connectivity index (χ3n) is 5.40. The Morgan fingerprint density at radius 3 is 2.70 bits per heavy atom. The highest BCUT2D eigenvalue weighted by Gasteiger charge is 2.34. The molecule has 0 aromatic carbocycles. The van der Waals surface area contributed by atoms with Crippen LogP contribution in [0.4, 0.5) is 0 Å². The van der Waals surface area contributed by atoms with E-state index in [0.29, 0.717) is 32.1 Å². The maximum atomic E-state index is 11.9. The first kappa shape index (κ1) is 25.9. The maximum Gasteiger partial charge on any atom is 0.234 e. The molecule has 5 N–H and O–H groups in total. The number of aldehydes is 1. The van der Waals surface area contributed by atoms with E-state index in [1.807, 2.05) is 16.8 Å². The van der Waals surface area contributed by atoms with Crippen LogP contribution in [0.5, 0.6) is 0 Å². The van der Waals surface area contributed by atoms with Crippen molar-refractivity contribution in [3.8, 4) is 0 Å². The largest absolute Gasteiger partial charge is 0.385 e. The van der Waals surface area contributed by atoms with Gasteiger partial charge in [-0.05, 0) is 39.8 Å². The van der Waals surface area contributed by atoms with Crippen LogP contribution in [-0.2, 0) is 19.1 Å². The Morgan fingerprint density at radius 2 is 2.13 bits per heavy atom. The monoisotopic (exact) mass is 426 g/mol. The zero-order valence-corrected chi connectivity index (χ0v) is 18.5. The molecule has 0 aliphatic carbocycles. The second kappa shape index (κ2) is 13.9. The SMILES string of the molecule is C=C(NCCCOC)N(CCC1CCC(C(N)=O)N1C)CC(C=O)NC(=O)CNC. The molecule has 2 amide bonds. The van der Waals surface area contributed by atoms with Gasteiger partial charge in [-0.2, -0.15) is 0 Å². The molecule has 0 radical (unpaired) electrons. The first-order chi connectivity index (χ1) is 14.3. The highest BCUT2D eigenvalue weighted by molar-refractivity contribution is 5.81. The van der Waals surface area contributed by atoms with Gasteiger partial charge in [0.2, 0.25) is 11.8 Å². The summed E-state index contributed by atoms with van der Waals surface area (Å²) in [5, 5.41) is 8.74.